The first kappa shape index (κ1) is 27.3. The molecule has 4 atom stereocenters. The lowest BCUT2D eigenvalue weighted by molar-refractivity contribution is -0.145. The van der Waals surface area contributed by atoms with Crippen molar-refractivity contribution in [2.24, 2.45) is 5.73 Å². The maximum atomic E-state index is 13.4. The van der Waals surface area contributed by atoms with Crippen LogP contribution in [-0.2, 0) is 25.6 Å². The van der Waals surface area contributed by atoms with Gasteiger partial charge in [-0.15, -0.1) is 0 Å². The maximum absolute atomic E-state index is 13.4. The van der Waals surface area contributed by atoms with Crippen molar-refractivity contribution in [3.63, 3.8) is 0 Å². The number of aliphatic carboxylic acids is 1. The van der Waals surface area contributed by atoms with Crippen molar-refractivity contribution in [1.82, 2.24) is 20.9 Å². The van der Waals surface area contributed by atoms with E-state index in [4.69, 9.17) is 5.73 Å². The standard InChI is InChI=1S/C24H37N5O5/c1-16(26-2)21(30)27-18(11-6-7-13-25)23(32)29-14-8-12-20(29)22(31)28-19(24(33)34)15-17-9-4-3-5-10-17/h3-5,9-10,16,18-20,26H,6-8,11-15,25H2,1-2H3,(H,27,30)(H,28,31)(H,33,34)/t16-,18-,19-,20-/m0/s1. The summed E-state index contributed by atoms with van der Waals surface area (Å²) in [5, 5.41) is 17.9. The molecule has 188 valence electrons. The van der Waals surface area contributed by atoms with Crippen LogP contribution in [0.25, 0.3) is 0 Å². The number of likely N-dealkylation sites (N-methyl/N-ethyl adjacent to an activating group) is 1. The van der Waals surface area contributed by atoms with Gasteiger partial charge in [-0.25, -0.2) is 4.79 Å². The fourth-order valence-electron chi connectivity index (χ4n) is 4.00. The third-order valence-electron chi connectivity index (χ3n) is 6.12. The number of hydrogen-bond acceptors (Lipinski definition) is 6. The molecule has 1 aliphatic heterocycles. The second-order valence-electron chi connectivity index (χ2n) is 8.63. The van der Waals surface area contributed by atoms with Gasteiger partial charge in [-0.05, 0) is 58.2 Å². The molecular formula is C24H37N5O5. The number of benzene rings is 1. The summed E-state index contributed by atoms with van der Waals surface area (Å²) in [6, 6.07) is 5.91. The molecule has 0 spiro atoms. The Balaban J connectivity index is 2.10. The third kappa shape index (κ3) is 7.81. The average molecular weight is 476 g/mol. The van der Waals surface area contributed by atoms with Gasteiger partial charge in [0.25, 0.3) is 0 Å². The van der Waals surface area contributed by atoms with Gasteiger partial charge in [0.1, 0.15) is 18.1 Å². The van der Waals surface area contributed by atoms with Gasteiger partial charge in [-0.1, -0.05) is 30.3 Å². The zero-order chi connectivity index (χ0) is 25.1. The highest BCUT2D eigenvalue weighted by Gasteiger charge is 2.38. The van der Waals surface area contributed by atoms with E-state index in [1.165, 1.54) is 4.90 Å². The lowest BCUT2D eigenvalue weighted by Crippen LogP contribution is -2.56. The van der Waals surface area contributed by atoms with Gasteiger partial charge in [-0.2, -0.15) is 0 Å². The summed E-state index contributed by atoms with van der Waals surface area (Å²) in [5.41, 5.74) is 6.37. The molecule has 0 saturated carbocycles. The quantitative estimate of drug-likeness (QED) is 0.252. The Morgan fingerprint density at radius 1 is 1.12 bits per heavy atom. The van der Waals surface area contributed by atoms with Crippen LogP contribution in [0.15, 0.2) is 30.3 Å². The Bertz CT molecular complexity index is 834. The molecule has 1 heterocycles. The van der Waals surface area contributed by atoms with E-state index in [0.717, 1.165) is 5.56 Å². The molecule has 0 bridgehead atoms. The fourth-order valence-corrected chi connectivity index (χ4v) is 4.00. The molecule has 10 nitrogen and oxygen atoms in total. The van der Waals surface area contributed by atoms with Crippen molar-refractivity contribution in [1.29, 1.82) is 0 Å². The van der Waals surface area contributed by atoms with Crippen LogP contribution in [0.5, 0.6) is 0 Å². The van der Waals surface area contributed by atoms with Gasteiger partial charge in [0.15, 0.2) is 0 Å². The number of nitrogens with zero attached hydrogens (tertiary/aromatic N) is 1. The minimum atomic E-state index is -1.14. The molecule has 10 heteroatoms. The predicted octanol–water partition coefficient (Wildman–Crippen LogP) is 0.0112. The monoisotopic (exact) mass is 475 g/mol. The van der Waals surface area contributed by atoms with Crippen LogP contribution < -0.4 is 21.7 Å². The summed E-state index contributed by atoms with van der Waals surface area (Å²) in [6.07, 6.45) is 2.98. The highest BCUT2D eigenvalue weighted by Crippen LogP contribution is 2.20. The maximum Gasteiger partial charge on any atom is 0.326 e. The normalized spacial score (nSPS) is 18.1. The number of carboxylic acids is 1. The van der Waals surface area contributed by atoms with Gasteiger partial charge in [-0.3, -0.25) is 14.4 Å². The number of hydrogen-bond donors (Lipinski definition) is 5. The largest absolute Gasteiger partial charge is 0.480 e. The van der Waals surface area contributed by atoms with E-state index in [-0.39, 0.29) is 18.2 Å². The van der Waals surface area contributed by atoms with Crippen molar-refractivity contribution in [2.75, 3.05) is 20.1 Å². The van der Waals surface area contributed by atoms with Crippen LogP contribution in [0.1, 0.15) is 44.6 Å². The van der Waals surface area contributed by atoms with Crippen LogP contribution in [0.2, 0.25) is 0 Å². The Hall–Kier alpha value is -2.98. The number of unbranched alkanes of at least 4 members (excludes halogenated alkanes) is 1. The smallest absolute Gasteiger partial charge is 0.326 e. The number of carbonyl (C=O) groups is 4. The van der Waals surface area contributed by atoms with Crippen LogP contribution in [0.4, 0.5) is 0 Å². The summed E-state index contributed by atoms with van der Waals surface area (Å²) >= 11 is 0. The fraction of sp³-hybridized carbons (Fsp3) is 0.583. The summed E-state index contributed by atoms with van der Waals surface area (Å²) in [6.45, 7) is 2.55. The number of amides is 3. The summed E-state index contributed by atoms with van der Waals surface area (Å²) in [5.74, 6) is -2.27. The first-order valence-electron chi connectivity index (χ1n) is 11.8. The molecule has 0 unspecified atom stereocenters. The third-order valence-corrected chi connectivity index (χ3v) is 6.12. The predicted molar refractivity (Wildman–Crippen MR) is 128 cm³/mol. The molecule has 1 aromatic carbocycles. The molecule has 34 heavy (non-hydrogen) atoms. The van der Waals surface area contributed by atoms with Crippen LogP contribution in [0, 0.1) is 0 Å². The van der Waals surface area contributed by atoms with Crippen molar-refractivity contribution in [3.8, 4) is 0 Å². The van der Waals surface area contributed by atoms with Gasteiger partial charge in [0.05, 0.1) is 6.04 Å². The van der Waals surface area contributed by atoms with Crippen LogP contribution >= 0.6 is 0 Å². The number of rotatable bonds is 13. The summed E-state index contributed by atoms with van der Waals surface area (Å²) in [4.78, 5) is 52.1. The lowest BCUT2D eigenvalue weighted by Gasteiger charge is -2.30. The SMILES string of the molecule is CN[C@@H](C)C(=O)N[C@@H](CCCCN)C(=O)N1CCC[C@H]1C(=O)N[C@@H](Cc1ccccc1)C(=O)O. The number of nitrogens with two attached hydrogens (primary N) is 1. The van der Waals surface area contributed by atoms with E-state index in [1.807, 2.05) is 6.07 Å². The zero-order valence-electron chi connectivity index (χ0n) is 20.0. The number of likely N-dealkylation sites (tertiary alicyclic amines) is 1. The Labute approximate surface area is 200 Å². The van der Waals surface area contributed by atoms with E-state index >= 15 is 0 Å². The Kier molecular flexibility index (Phi) is 11.0. The highest BCUT2D eigenvalue weighted by molar-refractivity contribution is 5.94. The molecule has 0 aliphatic carbocycles. The first-order valence-corrected chi connectivity index (χ1v) is 11.8. The first-order chi connectivity index (χ1) is 16.3. The lowest BCUT2D eigenvalue weighted by atomic mass is 10.0. The van der Waals surface area contributed by atoms with E-state index in [9.17, 15) is 24.3 Å². The molecule has 3 amide bonds. The number of carbonyl (C=O) groups excluding carboxylic acids is 3. The molecule has 0 aromatic heterocycles. The van der Waals surface area contributed by atoms with E-state index < -0.39 is 36.0 Å². The minimum Gasteiger partial charge on any atom is -0.480 e. The zero-order valence-corrected chi connectivity index (χ0v) is 20.0. The number of nitrogens with one attached hydrogen (secondary N) is 3. The Morgan fingerprint density at radius 3 is 2.44 bits per heavy atom. The van der Waals surface area contributed by atoms with Gasteiger partial charge >= 0.3 is 5.97 Å². The van der Waals surface area contributed by atoms with Gasteiger partial charge < -0.3 is 31.7 Å². The van der Waals surface area contributed by atoms with Crippen molar-refractivity contribution in [3.05, 3.63) is 35.9 Å². The summed E-state index contributed by atoms with van der Waals surface area (Å²) < 4.78 is 0. The van der Waals surface area contributed by atoms with Gasteiger partial charge in [0.2, 0.25) is 17.7 Å². The molecule has 6 N–H and O–H groups in total. The molecule has 1 fully saturated rings. The minimum absolute atomic E-state index is 0.141. The topological polar surface area (TPSA) is 154 Å². The average Bonchev–Trinajstić information content (AvgIpc) is 3.32. The van der Waals surface area contributed by atoms with Crippen molar-refractivity contribution >= 4 is 23.7 Å². The van der Waals surface area contributed by atoms with Crippen molar-refractivity contribution in [2.45, 2.75) is 69.6 Å². The van der Waals surface area contributed by atoms with E-state index in [1.54, 1.807) is 38.2 Å². The molecule has 1 saturated heterocycles. The second kappa shape index (κ2) is 13.7. The molecule has 0 radical (unpaired) electrons. The highest BCUT2D eigenvalue weighted by atomic mass is 16.4. The molecular weight excluding hydrogens is 438 g/mol. The molecule has 1 aliphatic rings. The van der Waals surface area contributed by atoms with Gasteiger partial charge in [0, 0.05) is 13.0 Å². The van der Waals surface area contributed by atoms with E-state index in [0.29, 0.717) is 45.2 Å². The van der Waals surface area contributed by atoms with E-state index in [2.05, 4.69) is 16.0 Å². The number of carboxylic acid groups (broad SMARTS) is 1. The summed E-state index contributed by atoms with van der Waals surface area (Å²) in [7, 11) is 1.66. The van der Waals surface area contributed by atoms with Crippen LogP contribution in [0.3, 0.4) is 0 Å². The van der Waals surface area contributed by atoms with Crippen LogP contribution in [-0.4, -0.2) is 78.0 Å². The second-order valence-corrected chi connectivity index (χ2v) is 8.63. The molecule has 1 aromatic rings. The Morgan fingerprint density at radius 2 is 1.82 bits per heavy atom. The molecule has 2 rings (SSSR count). The van der Waals surface area contributed by atoms with Crippen molar-refractivity contribution < 1.29 is 24.3 Å².